The molecule has 0 saturated heterocycles. The van der Waals surface area contributed by atoms with Gasteiger partial charge in [0.1, 0.15) is 5.75 Å². The molecule has 0 saturated carbocycles. The number of para-hydroxylation sites is 1. The minimum atomic E-state index is -3.61. The molecule has 0 atom stereocenters. The Morgan fingerprint density at radius 3 is 2.41 bits per heavy atom. The summed E-state index contributed by atoms with van der Waals surface area (Å²) in [5.74, 6) is -0.459. The molecule has 0 aliphatic carbocycles. The SMILES string of the molecule is CN(C)S(=O)(=O)c1cccc(C(=O)Oc2ccccc2Cl)c1. The fourth-order valence-electron chi connectivity index (χ4n) is 1.68. The number of carbonyl (C=O) groups excluding carboxylic acids is 1. The summed E-state index contributed by atoms with van der Waals surface area (Å²) in [4.78, 5) is 12.1. The van der Waals surface area contributed by atoms with Crippen LogP contribution in [0.1, 0.15) is 10.4 Å². The van der Waals surface area contributed by atoms with E-state index in [1.54, 1.807) is 24.3 Å². The molecule has 22 heavy (non-hydrogen) atoms. The van der Waals surface area contributed by atoms with Crippen molar-refractivity contribution in [3.8, 4) is 5.75 Å². The van der Waals surface area contributed by atoms with Gasteiger partial charge in [-0.3, -0.25) is 0 Å². The van der Waals surface area contributed by atoms with Crippen LogP contribution in [0, 0.1) is 0 Å². The molecule has 0 radical (unpaired) electrons. The summed E-state index contributed by atoms with van der Waals surface area (Å²) in [7, 11) is -0.773. The van der Waals surface area contributed by atoms with Gasteiger partial charge in [-0.05, 0) is 30.3 Å². The Kier molecular flexibility index (Phi) is 4.85. The van der Waals surface area contributed by atoms with Gasteiger partial charge < -0.3 is 4.74 Å². The van der Waals surface area contributed by atoms with Crippen molar-refractivity contribution in [2.24, 2.45) is 0 Å². The Hall–Kier alpha value is -1.89. The van der Waals surface area contributed by atoms with Crippen LogP contribution in [0.2, 0.25) is 5.02 Å². The predicted molar refractivity (Wildman–Crippen MR) is 83.7 cm³/mol. The van der Waals surface area contributed by atoms with Crippen LogP contribution in [0.15, 0.2) is 53.4 Å². The molecule has 2 aromatic rings. The molecule has 2 rings (SSSR count). The summed E-state index contributed by atoms with van der Waals surface area (Å²) in [5.41, 5.74) is 0.128. The van der Waals surface area contributed by atoms with Gasteiger partial charge in [0.25, 0.3) is 0 Å². The van der Waals surface area contributed by atoms with Crippen LogP contribution in [0.5, 0.6) is 5.75 Å². The molecule has 0 N–H and O–H groups in total. The van der Waals surface area contributed by atoms with Gasteiger partial charge in [-0.15, -0.1) is 0 Å². The number of carbonyl (C=O) groups is 1. The third-order valence-corrected chi connectivity index (χ3v) is 5.01. The van der Waals surface area contributed by atoms with Crippen LogP contribution in [-0.2, 0) is 10.0 Å². The monoisotopic (exact) mass is 339 g/mol. The molecular formula is C15H14ClNO4S. The molecule has 5 nitrogen and oxygen atoms in total. The van der Waals surface area contributed by atoms with Gasteiger partial charge in [-0.2, -0.15) is 0 Å². The van der Waals surface area contributed by atoms with Crippen molar-refractivity contribution < 1.29 is 17.9 Å². The Morgan fingerprint density at radius 2 is 1.77 bits per heavy atom. The first-order chi connectivity index (χ1) is 10.3. The Morgan fingerprint density at radius 1 is 1.09 bits per heavy atom. The smallest absolute Gasteiger partial charge is 0.343 e. The largest absolute Gasteiger partial charge is 0.421 e. The second-order valence-electron chi connectivity index (χ2n) is 4.64. The van der Waals surface area contributed by atoms with Gasteiger partial charge in [0.2, 0.25) is 10.0 Å². The molecule has 0 heterocycles. The maximum Gasteiger partial charge on any atom is 0.343 e. The fourth-order valence-corrected chi connectivity index (χ4v) is 2.80. The molecule has 0 spiro atoms. The van der Waals surface area contributed by atoms with Crippen LogP contribution in [0.3, 0.4) is 0 Å². The molecular weight excluding hydrogens is 326 g/mol. The lowest BCUT2D eigenvalue weighted by atomic mass is 10.2. The van der Waals surface area contributed by atoms with Crippen LogP contribution >= 0.6 is 11.6 Å². The molecule has 0 aliphatic heterocycles. The van der Waals surface area contributed by atoms with Gasteiger partial charge >= 0.3 is 5.97 Å². The van der Waals surface area contributed by atoms with Crippen LogP contribution in [-0.4, -0.2) is 32.8 Å². The standard InChI is InChI=1S/C15H14ClNO4S/c1-17(2)22(19,20)12-7-5-6-11(10-12)15(18)21-14-9-4-3-8-13(14)16/h3-10H,1-2H3. The lowest BCUT2D eigenvalue weighted by Crippen LogP contribution is -2.22. The van der Waals surface area contributed by atoms with E-state index < -0.39 is 16.0 Å². The van der Waals surface area contributed by atoms with Crippen molar-refractivity contribution in [1.82, 2.24) is 4.31 Å². The third-order valence-electron chi connectivity index (χ3n) is 2.89. The van der Waals surface area contributed by atoms with E-state index >= 15 is 0 Å². The first-order valence-electron chi connectivity index (χ1n) is 6.31. The summed E-state index contributed by atoms with van der Waals surface area (Å²) in [6.45, 7) is 0. The average molecular weight is 340 g/mol. The van der Waals surface area contributed by atoms with E-state index in [4.69, 9.17) is 16.3 Å². The summed E-state index contributed by atoms with van der Waals surface area (Å²) in [5, 5.41) is 0.299. The quantitative estimate of drug-likeness (QED) is 0.634. The molecule has 116 valence electrons. The van der Waals surface area contributed by atoms with Crippen molar-refractivity contribution >= 4 is 27.6 Å². The minimum absolute atomic E-state index is 0.0195. The zero-order valence-electron chi connectivity index (χ0n) is 12.0. The maximum absolute atomic E-state index is 12.1. The summed E-state index contributed by atoms with van der Waals surface area (Å²) in [6.07, 6.45) is 0. The van der Waals surface area contributed by atoms with E-state index in [-0.39, 0.29) is 16.2 Å². The number of benzene rings is 2. The molecule has 0 fully saturated rings. The normalized spacial score (nSPS) is 11.5. The molecule has 0 unspecified atom stereocenters. The van der Waals surface area contributed by atoms with Gasteiger partial charge in [0.05, 0.1) is 15.5 Å². The first kappa shape index (κ1) is 16.5. The number of nitrogens with zero attached hydrogens (tertiary/aromatic N) is 1. The molecule has 7 heteroatoms. The maximum atomic E-state index is 12.1. The molecule has 2 aromatic carbocycles. The van der Waals surface area contributed by atoms with Gasteiger partial charge in [-0.25, -0.2) is 17.5 Å². The van der Waals surface area contributed by atoms with Crippen LogP contribution < -0.4 is 4.74 Å². The van der Waals surface area contributed by atoms with Crippen molar-refractivity contribution in [2.75, 3.05) is 14.1 Å². The number of halogens is 1. The highest BCUT2D eigenvalue weighted by Gasteiger charge is 2.19. The van der Waals surface area contributed by atoms with Crippen LogP contribution in [0.4, 0.5) is 0 Å². The number of hydrogen-bond donors (Lipinski definition) is 0. The Balaban J connectivity index is 2.31. The van der Waals surface area contributed by atoms with E-state index in [9.17, 15) is 13.2 Å². The van der Waals surface area contributed by atoms with E-state index in [1.807, 2.05) is 0 Å². The van der Waals surface area contributed by atoms with Gasteiger partial charge in [0, 0.05) is 14.1 Å². The predicted octanol–water partition coefficient (Wildman–Crippen LogP) is 2.81. The van der Waals surface area contributed by atoms with E-state index in [0.717, 1.165) is 4.31 Å². The number of esters is 1. The number of ether oxygens (including phenoxy) is 1. The highest BCUT2D eigenvalue weighted by Crippen LogP contribution is 2.24. The van der Waals surface area contributed by atoms with Crippen molar-refractivity contribution in [1.29, 1.82) is 0 Å². The van der Waals surface area contributed by atoms with Crippen molar-refractivity contribution in [3.63, 3.8) is 0 Å². The topological polar surface area (TPSA) is 63.7 Å². The fraction of sp³-hybridized carbons (Fsp3) is 0.133. The Bertz CT molecular complexity index is 803. The zero-order chi connectivity index (χ0) is 16.3. The lowest BCUT2D eigenvalue weighted by molar-refractivity contribution is 0.0734. The highest BCUT2D eigenvalue weighted by atomic mass is 35.5. The van der Waals surface area contributed by atoms with Gasteiger partial charge in [0.15, 0.2) is 0 Å². The number of rotatable bonds is 4. The van der Waals surface area contributed by atoms with Crippen molar-refractivity contribution in [3.05, 3.63) is 59.1 Å². The first-order valence-corrected chi connectivity index (χ1v) is 8.13. The Labute approximate surface area is 134 Å². The summed E-state index contributed by atoms with van der Waals surface area (Å²) in [6, 6.07) is 12.2. The minimum Gasteiger partial charge on any atom is -0.421 e. The average Bonchev–Trinajstić information content (AvgIpc) is 2.49. The van der Waals surface area contributed by atoms with Crippen molar-refractivity contribution in [2.45, 2.75) is 4.90 Å². The van der Waals surface area contributed by atoms with Gasteiger partial charge in [-0.1, -0.05) is 29.8 Å². The van der Waals surface area contributed by atoms with E-state index in [1.165, 1.54) is 38.4 Å². The summed E-state index contributed by atoms with van der Waals surface area (Å²) >= 11 is 5.92. The zero-order valence-corrected chi connectivity index (χ0v) is 13.6. The number of sulfonamides is 1. The number of hydrogen-bond acceptors (Lipinski definition) is 4. The summed E-state index contributed by atoms with van der Waals surface area (Å²) < 4.78 is 30.4. The molecule has 0 aromatic heterocycles. The van der Waals surface area contributed by atoms with E-state index in [2.05, 4.69) is 0 Å². The van der Waals surface area contributed by atoms with Crippen LogP contribution in [0.25, 0.3) is 0 Å². The second-order valence-corrected chi connectivity index (χ2v) is 7.19. The molecule has 0 bridgehead atoms. The molecule has 0 amide bonds. The molecule has 0 aliphatic rings. The highest BCUT2D eigenvalue weighted by molar-refractivity contribution is 7.89. The second kappa shape index (κ2) is 6.48. The third kappa shape index (κ3) is 3.47. The van der Waals surface area contributed by atoms with E-state index in [0.29, 0.717) is 5.02 Å². The lowest BCUT2D eigenvalue weighted by Gasteiger charge is -2.12.